The van der Waals surface area contributed by atoms with Gasteiger partial charge in [-0.2, -0.15) is 0 Å². The minimum atomic E-state index is -0.694. The first-order valence-corrected chi connectivity index (χ1v) is 7.70. The highest BCUT2D eigenvalue weighted by atomic mass is 16.5. The zero-order valence-corrected chi connectivity index (χ0v) is 12.4. The molecule has 0 aromatic carbocycles. The summed E-state index contributed by atoms with van der Waals surface area (Å²) in [6.45, 7) is 0.860. The third-order valence-electron chi connectivity index (χ3n) is 3.85. The predicted octanol–water partition coefficient (Wildman–Crippen LogP) is 2.05. The van der Waals surface area contributed by atoms with Crippen LogP contribution in [0.3, 0.4) is 0 Å². The number of hydrogen-bond donors (Lipinski definition) is 2. The lowest BCUT2D eigenvalue weighted by Gasteiger charge is -2.32. The fourth-order valence-electron chi connectivity index (χ4n) is 2.59. The zero-order chi connectivity index (χ0) is 15.0. The molecule has 0 atom stereocenters. The van der Waals surface area contributed by atoms with Crippen LogP contribution < -0.4 is 10.1 Å². The Labute approximate surface area is 125 Å². The number of carbonyl (C=O) groups is 1. The number of aliphatic hydroxyl groups is 1. The van der Waals surface area contributed by atoms with Crippen molar-refractivity contribution in [3.8, 4) is 5.75 Å². The summed E-state index contributed by atoms with van der Waals surface area (Å²) in [6, 6.07) is 3.65. The molecule has 5 nitrogen and oxygen atoms in total. The van der Waals surface area contributed by atoms with E-state index in [1.54, 1.807) is 12.4 Å². The van der Waals surface area contributed by atoms with E-state index >= 15 is 0 Å². The summed E-state index contributed by atoms with van der Waals surface area (Å²) >= 11 is 0. The number of hydrogen-bond acceptors (Lipinski definition) is 4. The van der Waals surface area contributed by atoms with E-state index in [2.05, 4.69) is 10.3 Å². The summed E-state index contributed by atoms with van der Waals surface area (Å²) in [4.78, 5) is 15.7. The van der Waals surface area contributed by atoms with Crippen LogP contribution in [0.15, 0.2) is 24.5 Å². The van der Waals surface area contributed by atoms with Crippen molar-refractivity contribution in [2.45, 2.75) is 50.5 Å². The molecule has 1 aliphatic carbocycles. The predicted molar refractivity (Wildman–Crippen MR) is 80.0 cm³/mol. The molecule has 5 heteroatoms. The van der Waals surface area contributed by atoms with Gasteiger partial charge in [-0.15, -0.1) is 0 Å². The maximum Gasteiger partial charge on any atom is 0.220 e. The fraction of sp³-hybridized carbons (Fsp3) is 0.625. The third kappa shape index (κ3) is 5.71. The second-order valence-corrected chi connectivity index (χ2v) is 5.70. The summed E-state index contributed by atoms with van der Waals surface area (Å²) in [5.41, 5.74) is -0.694. The zero-order valence-electron chi connectivity index (χ0n) is 12.4. The Kier molecular flexibility index (Phi) is 5.99. The fourth-order valence-corrected chi connectivity index (χ4v) is 2.59. The molecule has 0 aliphatic heterocycles. The lowest BCUT2D eigenvalue weighted by molar-refractivity contribution is -0.123. The molecule has 1 aliphatic rings. The first-order chi connectivity index (χ1) is 10.2. The van der Waals surface area contributed by atoms with Gasteiger partial charge in [-0.1, -0.05) is 19.3 Å². The standard InChI is InChI=1S/C16H24N2O3/c19-15(18-13-16(20)8-2-1-3-9-16)7-5-11-21-14-6-4-10-17-12-14/h4,6,10,12,20H,1-3,5,7-9,11,13H2,(H,18,19). The van der Waals surface area contributed by atoms with Crippen LogP contribution in [0.5, 0.6) is 5.75 Å². The Hall–Kier alpha value is -1.62. The highest BCUT2D eigenvalue weighted by Crippen LogP contribution is 2.27. The molecule has 2 rings (SSSR count). The monoisotopic (exact) mass is 292 g/mol. The van der Waals surface area contributed by atoms with E-state index in [4.69, 9.17) is 4.74 Å². The average Bonchev–Trinajstić information content (AvgIpc) is 2.51. The molecule has 0 bridgehead atoms. The molecular weight excluding hydrogens is 268 g/mol. The van der Waals surface area contributed by atoms with Crippen LogP contribution in [0, 0.1) is 0 Å². The van der Waals surface area contributed by atoms with Crippen LogP contribution in [0.25, 0.3) is 0 Å². The van der Waals surface area contributed by atoms with Gasteiger partial charge in [0, 0.05) is 19.2 Å². The van der Waals surface area contributed by atoms with Crippen LogP contribution >= 0.6 is 0 Å². The molecule has 1 saturated carbocycles. The highest BCUT2D eigenvalue weighted by molar-refractivity contribution is 5.75. The summed E-state index contributed by atoms with van der Waals surface area (Å²) in [6.07, 6.45) is 9.26. The minimum absolute atomic E-state index is 0.0243. The van der Waals surface area contributed by atoms with Crippen LogP contribution in [-0.4, -0.2) is 34.8 Å². The quantitative estimate of drug-likeness (QED) is 0.755. The smallest absolute Gasteiger partial charge is 0.220 e. The van der Waals surface area contributed by atoms with E-state index in [-0.39, 0.29) is 5.91 Å². The van der Waals surface area contributed by atoms with Gasteiger partial charge in [0.1, 0.15) is 5.75 Å². The number of carbonyl (C=O) groups excluding carboxylic acids is 1. The molecule has 1 aromatic rings. The Morgan fingerprint density at radius 2 is 2.19 bits per heavy atom. The van der Waals surface area contributed by atoms with Crippen molar-refractivity contribution in [2.75, 3.05) is 13.2 Å². The Balaban J connectivity index is 1.57. The van der Waals surface area contributed by atoms with Gasteiger partial charge in [-0.05, 0) is 31.4 Å². The van der Waals surface area contributed by atoms with Crippen molar-refractivity contribution in [3.05, 3.63) is 24.5 Å². The van der Waals surface area contributed by atoms with Crippen molar-refractivity contribution in [3.63, 3.8) is 0 Å². The molecule has 1 amide bonds. The van der Waals surface area contributed by atoms with Crippen molar-refractivity contribution in [2.24, 2.45) is 0 Å². The third-order valence-corrected chi connectivity index (χ3v) is 3.85. The van der Waals surface area contributed by atoms with Crippen LogP contribution in [0.2, 0.25) is 0 Å². The Bertz CT molecular complexity index is 430. The van der Waals surface area contributed by atoms with Crippen LogP contribution in [0.1, 0.15) is 44.9 Å². The molecule has 0 spiro atoms. The van der Waals surface area contributed by atoms with E-state index in [9.17, 15) is 9.90 Å². The van der Waals surface area contributed by atoms with Gasteiger partial charge in [0.25, 0.3) is 0 Å². The first-order valence-electron chi connectivity index (χ1n) is 7.70. The Morgan fingerprint density at radius 3 is 2.90 bits per heavy atom. The first kappa shape index (κ1) is 15.8. The van der Waals surface area contributed by atoms with Gasteiger partial charge in [-0.3, -0.25) is 9.78 Å². The maximum absolute atomic E-state index is 11.7. The van der Waals surface area contributed by atoms with E-state index in [1.165, 1.54) is 6.42 Å². The molecule has 21 heavy (non-hydrogen) atoms. The lowest BCUT2D eigenvalue weighted by Crippen LogP contribution is -2.44. The number of amides is 1. The van der Waals surface area contributed by atoms with E-state index < -0.39 is 5.60 Å². The number of rotatable bonds is 7. The van der Waals surface area contributed by atoms with Gasteiger partial charge in [0.05, 0.1) is 18.4 Å². The molecule has 0 radical (unpaired) electrons. The lowest BCUT2D eigenvalue weighted by atomic mass is 9.85. The summed E-state index contributed by atoms with van der Waals surface area (Å²) < 4.78 is 5.48. The van der Waals surface area contributed by atoms with Gasteiger partial charge in [-0.25, -0.2) is 0 Å². The van der Waals surface area contributed by atoms with Gasteiger partial charge in [0.2, 0.25) is 5.91 Å². The molecule has 116 valence electrons. The van der Waals surface area contributed by atoms with Crippen molar-refractivity contribution >= 4 is 5.91 Å². The molecule has 1 aromatic heterocycles. The van der Waals surface area contributed by atoms with E-state index in [0.29, 0.717) is 26.0 Å². The molecule has 0 saturated heterocycles. The summed E-state index contributed by atoms with van der Waals surface area (Å²) in [7, 11) is 0. The minimum Gasteiger partial charge on any atom is -0.492 e. The molecule has 0 unspecified atom stereocenters. The summed E-state index contributed by atoms with van der Waals surface area (Å²) in [5, 5.41) is 13.1. The van der Waals surface area contributed by atoms with Crippen molar-refractivity contribution in [1.29, 1.82) is 0 Å². The molecular formula is C16H24N2O3. The normalized spacial score (nSPS) is 17.2. The molecule has 1 heterocycles. The number of ether oxygens (including phenoxy) is 1. The highest BCUT2D eigenvalue weighted by Gasteiger charge is 2.29. The number of nitrogens with one attached hydrogen (secondary N) is 1. The van der Waals surface area contributed by atoms with E-state index in [0.717, 1.165) is 31.4 Å². The average molecular weight is 292 g/mol. The van der Waals surface area contributed by atoms with E-state index in [1.807, 2.05) is 12.1 Å². The van der Waals surface area contributed by atoms with Crippen LogP contribution in [-0.2, 0) is 4.79 Å². The number of nitrogens with zero attached hydrogens (tertiary/aromatic N) is 1. The Morgan fingerprint density at radius 1 is 1.38 bits per heavy atom. The molecule has 2 N–H and O–H groups in total. The topological polar surface area (TPSA) is 71.5 Å². The second-order valence-electron chi connectivity index (χ2n) is 5.70. The largest absolute Gasteiger partial charge is 0.492 e. The molecule has 1 fully saturated rings. The van der Waals surface area contributed by atoms with Gasteiger partial charge >= 0.3 is 0 Å². The van der Waals surface area contributed by atoms with Crippen molar-refractivity contribution < 1.29 is 14.6 Å². The van der Waals surface area contributed by atoms with Crippen molar-refractivity contribution in [1.82, 2.24) is 10.3 Å². The number of aromatic nitrogens is 1. The SMILES string of the molecule is O=C(CCCOc1cccnc1)NCC1(O)CCCCC1. The van der Waals surface area contributed by atoms with Gasteiger partial charge in [0.15, 0.2) is 0 Å². The maximum atomic E-state index is 11.7. The summed E-state index contributed by atoms with van der Waals surface area (Å²) in [5.74, 6) is 0.693. The van der Waals surface area contributed by atoms with Crippen LogP contribution in [0.4, 0.5) is 0 Å². The van der Waals surface area contributed by atoms with Gasteiger partial charge < -0.3 is 15.2 Å². The number of pyridine rings is 1. The second kappa shape index (κ2) is 7.98.